The molecule has 1 aliphatic carbocycles. The lowest BCUT2D eigenvalue weighted by atomic mass is 10.1. The van der Waals surface area contributed by atoms with Crippen LogP contribution in [0.15, 0.2) is 42.5 Å². The third kappa shape index (κ3) is 4.10. The van der Waals surface area contributed by atoms with Crippen molar-refractivity contribution in [2.75, 3.05) is 23.3 Å². The number of primary amides is 1. The fraction of sp³-hybridized carbons (Fsp3) is 0.391. The second kappa shape index (κ2) is 8.14. The summed E-state index contributed by atoms with van der Waals surface area (Å²) in [5, 5.41) is 10.4. The maximum absolute atomic E-state index is 12.9. The summed E-state index contributed by atoms with van der Waals surface area (Å²) in [5.41, 5.74) is 8.02. The summed E-state index contributed by atoms with van der Waals surface area (Å²) >= 11 is 0. The van der Waals surface area contributed by atoms with Gasteiger partial charge < -0.3 is 21.3 Å². The summed E-state index contributed by atoms with van der Waals surface area (Å²) in [6.07, 6.45) is 2.43. The van der Waals surface area contributed by atoms with Crippen LogP contribution >= 0.6 is 0 Å². The van der Waals surface area contributed by atoms with Crippen LogP contribution in [0, 0.1) is 12.8 Å². The van der Waals surface area contributed by atoms with Crippen molar-refractivity contribution in [3.63, 3.8) is 0 Å². The number of anilines is 2. The van der Waals surface area contributed by atoms with Gasteiger partial charge in [0.05, 0.1) is 5.69 Å². The molecule has 3 aromatic rings. The Balaban J connectivity index is 1.34. The van der Waals surface area contributed by atoms with Crippen molar-refractivity contribution in [2.24, 2.45) is 11.7 Å². The summed E-state index contributed by atoms with van der Waals surface area (Å²) in [6, 6.07) is 13.5. The Morgan fingerprint density at radius 2 is 1.88 bits per heavy atom. The van der Waals surface area contributed by atoms with Crippen LogP contribution in [0.5, 0.6) is 0 Å². The minimum atomic E-state index is -0.490. The standard InChI is InChI=1S/C23H27N7O2/c1-14-11-20-26-19(27-22(31)18-12-17(18)15-5-3-2-4-6-15)13-21(30(20)28-14)29-9-7-16(8-10-29)25-23(24)32/h2-6,11,13,16-18H,7-10,12H2,1H3,(H3,24,25,32)(H,26,27,31)/t17-,18+/m0/s1. The van der Waals surface area contributed by atoms with Gasteiger partial charge in [-0.15, -0.1) is 0 Å². The smallest absolute Gasteiger partial charge is 0.312 e. The average Bonchev–Trinajstić information content (AvgIpc) is 3.49. The van der Waals surface area contributed by atoms with Crippen LogP contribution in [0.3, 0.4) is 0 Å². The first kappa shape index (κ1) is 20.3. The van der Waals surface area contributed by atoms with E-state index in [2.05, 4.69) is 37.7 Å². The summed E-state index contributed by atoms with van der Waals surface area (Å²) in [5.74, 6) is 1.66. The molecule has 4 N–H and O–H groups in total. The van der Waals surface area contributed by atoms with E-state index in [0.717, 1.165) is 43.9 Å². The zero-order valence-electron chi connectivity index (χ0n) is 18.0. The molecule has 5 rings (SSSR count). The molecule has 1 aromatic carbocycles. The number of nitrogens with two attached hydrogens (primary N) is 1. The molecule has 0 spiro atoms. The molecular formula is C23H27N7O2. The summed E-state index contributed by atoms with van der Waals surface area (Å²) in [4.78, 5) is 30.9. The lowest BCUT2D eigenvalue weighted by molar-refractivity contribution is -0.117. The molecule has 166 valence electrons. The molecule has 0 bridgehead atoms. The number of aromatic nitrogens is 3. The molecule has 3 heterocycles. The van der Waals surface area contributed by atoms with Gasteiger partial charge in [-0.3, -0.25) is 4.79 Å². The highest BCUT2D eigenvalue weighted by Gasteiger charge is 2.44. The fourth-order valence-electron chi connectivity index (χ4n) is 4.59. The fourth-order valence-corrected chi connectivity index (χ4v) is 4.59. The topological polar surface area (TPSA) is 118 Å². The van der Waals surface area contributed by atoms with Crippen molar-refractivity contribution in [3.8, 4) is 0 Å². The van der Waals surface area contributed by atoms with Crippen LogP contribution in [-0.2, 0) is 4.79 Å². The van der Waals surface area contributed by atoms with E-state index in [9.17, 15) is 9.59 Å². The summed E-state index contributed by atoms with van der Waals surface area (Å²) in [7, 11) is 0. The van der Waals surface area contributed by atoms with Gasteiger partial charge in [-0.25, -0.2) is 9.78 Å². The van der Waals surface area contributed by atoms with E-state index in [1.54, 1.807) is 0 Å². The van der Waals surface area contributed by atoms with Gasteiger partial charge in [-0.1, -0.05) is 30.3 Å². The van der Waals surface area contributed by atoms with Gasteiger partial charge >= 0.3 is 6.03 Å². The van der Waals surface area contributed by atoms with Crippen LogP contribution in [0.1, 0.15) is 36.4 Å². The zero-order chi connectivity index (χ0) is 22.2. The Morgan fingerprint density at radius 1 is 1.12 bits per heavy atom. The number of aryl methyl sites for hydroxylation is 1. The predicted octanol–water partition coefficient (Wildman–Crippen LogP) is 2.42. The predicted molar refractivity (Wildman–Crippen MR) is 122 cm³/mol. The number of hydrogen-bond donors (Lipinski definition) is 3. The van der Waals surface area contributed by atoms with E-state index in [1.165, 1.54) is 5.56 Å². The highest BCUT2D eigenvalue weighted by atomic mass is 16.2. The van der Waals surface area contributed by atoms with Crippen molar-refractivity contribution in [2.45, 2.75) is 38.1 Å². The van der Waals surface area contributed by atoms with Gasteiger partial charge in [-0.2, -0.15) is 9.61 Å². The number of nitrogens with one attached hydrogen (secondary N) is 2. The lowest BCUT2D eigenvalue weighted by Gasteiger charge is -2.33. The summed E-state index contributed by atoms with van der Waals surface area (Å²) in [6.45, 7) is 3.42. The highest BCUT2D eigenvalue weighted by Crippen LogP contribution is 2.47. The Morgan fingerprint density at radius 3 is 2.59 bits per heavy atom. The molecule has 2 aromatic heterocycles. The molecule has 1 saturated carbocycles. The second-order valence-electron chi connectivity index (χ2n) is 8.67. The van der Waals surface area contributed by atoms with Crippen LogP contribution in [0.4, 0.5) is 16.4 Å². The Hall–Kier alpha value is -3.62. The van der Waals surface area contributed by atoms with Gasteiger partial charge in [0.15, 0.2) is 5.65 Å². The number of carbonyl (C=O) groups is 2. The van der Waals surface area contributed by atoms with E-state index < -0.39 is 6.03 Å². The number of urea groups is 1. The maximum atomic E-state index is 12.9. The van der Waals surface area contributed by atoms with Crippen LogP contribution in [-0.4, -0.2) is 45.7 Å². The molecule has 9 nitrogen and oxygen atoms in total. The van der Waals surface area contributed by atoms with Crippen molar-refractivity contribution in [1.29, 1.82) is 0 Å². The quantitative estimate of drug-likeness (QED) is 0.571. The van der Waals surface area contributed by atoms with E-state index in [0.29, 0.717) is 11.5 Å². The number of benzene rings is 1. The SMILES string of the molecule is Cc1cc2nc(NC(=O)[C@@H]3C[C@H]3c3ccccc3)cc(N3CCC(NC(N)=O)CC3)n2n1. The number of amides is 3. The van der Waals surface area contributed by atoms with E-state index >= 15 is 0 Å². The largest absolute Gasteiger partial charge is 0.356 e. The zero-order valence-corrected chi connectivity index (χ0v) is 18.0. The van der Waals surface area contributed by atoms with Crippen LogP contribution in [0.25, 0.3) is 5.65 Å². The first-order valence-corrected chi connectivity index (χ1v) is 11.0. The molecule has 2 aliphatic rings. The highest BCUT2D eigenvalue weighted by molar-refractivity contribution is 5.95. The first-order chi connectivity index (χ1) is 15.5. The van der Waals surface area contributed by atoms with Gasteiger partial charge in [0.2, 0.25) is 5.91 Å². The molecular weight excluding hydrogens is 406 g/mol. The third-order valence-electron chi connectivity index (χ3n) is 6.30. The number of rotatable bonds is 5. The summed E-state index contributed by atoms with van der Waals surface area (Å²) < 4.78 is 1.82. The van der Waals surface area contributed by atoms with E-state index in [1.807, 2.05) is 41.8 Å². The minimum absolute atomic E-state index is 0.00209. The molecule has 1 saturated heterocycles. The molecule has 0 unspecified atom stereocenters. The van der Waals surface area contributed by atoms with Gasteiger partial charge in [-0.05, 0) is 37.7 Å². The van der Waals surface area contributed by atoms with Crippen molar-refractivity contribution in [3.05, 3.63) is 53.7 Å². The van der Waals surface area contributed by atoms with Gasteiger partial charge in [0.25, 0.3) is 0 Å². The monoisotopic (exact) mass is 433 g/mol. The maximum Gasteiger partial charge on any atom is 0.312 e. The van der Waals surface area contributed by atoms with E-state index in [4.69, 9.17) is 5.73 Å². The number of fused-ring (bicyclic) bond motifs is 1. The van der Waals surface area contributed by atoms with Gasteiger partial charge in [0, 0.05) is 37.2 Å². The van der Waals surface area contributed by atoms with E-state index in [-0.39, 0.29) is 23.8 Å². The first-order valence-electron chi connectivity index (χ1n) is 11.0. The number of nitrogens with zero attached hydrogens (tertiary/aromatic N) is 4. The molecule has 0 radical (unpaired) electrons. The Kier molecular flexibility index (Phi) is 5.16. The number of carbonyl (C=O) groups excluding carboxylic acids is 2. The molecule has 9 heteroatoms. The van der Waals surface area contributed by atoms with Crippen LogP contribution in [0.2, 0.25) is 0 Å². The minimum Gasteiger partial charge on any atom is -0.356 e. The van der Waals surface area contributed by atoms with Crippen molar-refractivity contribution < 1.29 is 9.59 Å². The third-order valence-corrected chi connectivity index (χ3v) is 6.30. The average molecular weight is 434 g/mol. The molecule has 32 heavy (non-hydrogen) atoms. The van der Waals surface area contributed by atoms with Crippen LogP contribution < -0.4 is 21.3 Å². The normalized spacial score (nSPS) is 20.8. The number of hydrogen-bond acceptors (Lipinski definition) is 5. The lowest BCUT2D eigenvalue weighted by Crippen LogP contribution is -2.46. The molecule has 2 atom stereocenters. The molecule has 2 fully saturated rings. The van der Waals surface area contributed by atoms with Crippen molar-refractivity contribution >= 4 is 29.2 Å². The van der Waals surface area contributed by atoms with Crippen molar-refractivity contribution in [1.82, 2.24) is 19.9 Å². The van der Waals surface area contributed by atoms with Gasteiger partial charge in [0.1, 0.15) is 11.6 Å². The number of piperidine rings is 1. The second-order valence-corrected chi connectivity index (χ2v) is 8.67. The molecule has 3 amide bonds. The Labute approximate surface area is 186 Å². The Bertz CT molecular complexity index is 1150. The molecule has 1 aliphatic heterocycles.